The number of carboxylic acid groups (broad SMARTS) is 1. The lowest BCUT2D eigenvalue weighted by atomic mass is 10.1. The van der Waals surface area contributed by atoms with Gasteiger partial charge in [-0.3, -0.25) is 0 Å². The van der Waals surface area contributed by atoms with Crippen molar-refractivity contribution < 1.29 is 14.6 Å². The number of hydrogen-bond acceptors (Lipinski definition) is 3. The molecule has 0 amide bonds. The second-order valence-electron chi connectivity index (χ2n) is 4.23. The third-order valence-corrected chi connectivity index (χ3v) is 3.01. The van der Waals surface area contributed by atoms with Crippen molar-refractivity contribution in [3.05, 3.63) is 36.4 Å². The molecular weight excluding hydrogens is 230 g/mol. The topological polar surface area (TPSA) is 49.8 Å². The van der Waals surface area contributed by atoms with Gasteiger partial charge in [-0.15, -0.1) is 6.58 Å². The zero-order valence-corrected chi connectivity index (χ0v) is 10.3. The summed E-state index contributed by atoms with van der Waals surface area (Å²) in [6.07, 6.45) is 3.88. The first kappa shape index (κ1) is 12.5. The standard InChI is InChI=1S/C14H17NO3/c1-2-3-4-8-15-9-10-18-13-11(14(16)17)6-5-7-12(13)15/h2,5-7H,1,3-4,8-10H2,(H,16,17). The number of hydrogen-bond donors (Lipinski definition) is 1. The van der Waals surface area contributed by atoms with Gasteiger partial charge in [0.2, 0.25) is 0 Å². The van der Waals surface area contributed by atoms with E-state index >= 15 is 0 Å². The molecule has 0 radical (unpaired) electrons. The van der Waals surface area contributed by atoms with Crippen LogP contribution in [0, 0.1) is 0 Å². The Morgan fingerprint density at radius 3 is 3.11 bits per heavy atom. The number of unbranched alkanes of at least 4 members (excludes halogenated alkanes) is 1. The summed E-state index contributed by atoms with van der Waals surface area (Å²) in [5.74, 6) is -0.449. The number of para-hydroxylation sites is 1. The van der Waals surface area contributed by atoms with Crippen molar-refractivity contribution in [2.45, 2.75) is 12.8 Å². The van der Waals surface area contributed by atoms with Gasteiger partial charge in [-0.2, -0.15) is 0 Å². The maximum atomic E-state index is 11.1. The van der Waals surface area contributed by atoms with Gasteiger partial charge in [-0.05, 0) is 25.0 Å². The Hall–Kier alpha value is -1.97. The molecule has 1 aliphatic heterocycles. The van der Waals surface area contributed by atoms with E-state index in [0.29, 0.717) is 12.4 Å². The minimum Gasteiger partial charge on any atom is -0.489 e. The summed E-state index contributed by atoms with van der Waals surface area (Å²) in [6, 6.07) is 5.25. The molecule has 0 aliphatic carbocycles. The van der Waals surface area contributed by atoms with E-state index in [1.807, 2.05) is 12.1 Å². The smallest absolute Gasteiger partial charge is 0.339 e. The van der Waals surface area contributed by atoms with Gasteiger partial charge in [-0.25, -0.2) is 4.79 Å². The first-order chi connectivity index (χ1) is 8.74. The summed E-state index contributed by atoms with van der Waals surface area (Å²) < 4.78 is 5.51. The van der Waals surface area contributed by atoms with E-state index in [1.54, 1.807) is 12.1 Å². The van der Waals surface area contributed by atoms with Crippen LogP contribution in [0.3, 0.4) is 0 Å². The fourth-order valence-corrected chi connectivity index (χ4v) is 2.13. The van der Waals surface area contributed by atoms with Crippen LogP contribution >= 0.6 is 0 Å². The fourth-order valence-electron chi connectivity index (χ4n) is 2.13. The Labute approximate surface area is 106 Å². The molecule has 1 aromatic carbocycles. The van der Waals surface area contributed by atoms with Crippen molar-refractivity contribution in [3.8, 4) is 5.75 Å². The molecule has 0 aromatic heterocycles. The van der Waals surface area contributed by atoms with Crippen LogP contribution < -0.4 is 9.64 Å². The lowest BCUT2D eigenvalue weighted by Gasteiger charge is -2.31. The highest BCUT2D eigenvalue weighted by Gasteiger charge is 2.22. The van der Waals surface area contributed by atoms with Gasteiger partial charge in [-0.1, -0.05) is 12.1 Å². The van der Waals surface area contributed by atoms with Crippen LogP contribution in [0.1, 0.15) is 23.2 Å². The Morgan fingerprint density at radius 1 is 1.56 bits per heavy atom. The van der Waals surface area contributed by atoms with Crippen molar-refractivity contribution in [1.29, 1.82) is 0 Å². The Kier molecular flexibility index (Phi) is 3.87. The molecule has 96 valence electrons. The molecule has 1 N–H and O–H groups in total. The molecule has 0 bridgehead atoms. The fraction of sp³-hybridized carbons (Fsp3) is 0.357. The first-order valence-electron chi connectivity index (χ1n) is 6.09. The highest BCUT2D eigenvalue weighted by Crippen LogP contribution is 2.35. The van der Waals surface area contributed by atoms with E-state index in [0.717, 1.165) is 31.6 Å². The molecule has 1 aliphatic rings. The predicted octanol–water partition coefficient (Wildman–Crippen LogP) is 2.55. The maximum absolute atomic E-state index is 11.1. The normalized spacial score (nSPS) is 13.7. The van der Waals surface area contributed by atoms with Crippen LogP contribution in [0.4, 0.5) is 5.69 Å². The van der Waals surface area contributed by atoms with Crippen molar-refractivity contribution in [2.75, 3.05) is 24.6 Å². The number of anilines is 1. The quantitative estimate of drug-likeness (QED) is 0.641. The summed E-state index contributed by atoms with van der Waals surface area (Å²) in [5.41, 5.74) is 1.12. The van der Waals surface area contributed by atoms with Gasteiger partial charge in [0.05, 0.1) is 12.2 Å². The molecule has 0 fully saturated rings. The van der Waals surface area contributed by atoms with Crippen LogP contribution in [-0.4, -0.2) is 30.8 Å². The van der Waals surface area contributed by atoms with Crippen molar-refractivity contribution in [1.82, 2.24) is 0 Å². The number of rotatable bonds is 5. The van der Waals surface area contributed by atoms with Gasteiger partial charge >= 0.3 is 5.97 Å². The molecule has 0 spiro atoms. The number of fused-ring (bicyclic) bond motifs is 1. The lowest BCUT2D eigenvalue weighted by molar-refractivity contribution is 0.0692. The SMILES string of the molecule is C=CCCCN1CCOc2c(C(=O)O)cccc21. The van der Waals surface area contributed by atoms with E-state index in [9.17, 15) is 4.79 Å². The largest absolute Gasteiger partial charge is 0.489 e. The number of carbonyl (C=O) groups is 1. The number of benzene rings is 1. The van der Waals surface area contributed by atoms with Crippen LogP contribution in [0.15, 0.2) is 30.9 Å². The van der Waals surface area contributed by atoms with E-state index in [2.05, 4.69) is 11.5 Å². The summed E-state index contributed by atoms with van der Waals surface area (Å²) >= 11 is 0. The van der Waals surface area contributed by atoms with E-state index in [1.165, 1.54) is 0 Å². The molecule has 0 unspecified atom stereocenters. The monoisotopic (exact) mass is 247 g/mol. The Balaban J connectivity index is 2.23. The molecule has 18 heavy (non-hydrogen) atoms. The molecule has 1 heterocycles. The minimum atomic E-state index is -0.945. The zero-order valence-electron chi connectivity index (χ0n) is 10.3. The van der Waals surface area contributed by atoms with Crippen LogP contribution in [0.2, 0.25) is 0 Å². The lowest BCUT2D eigenvalue weighted by Crippen LogP contribution is -2.34. The summed E-state index contributed by atoms with van der Waals surface area (Å²) in [6.45, 7) is 5.93. The zero-order chi connectivity index (χ0) is 13.0. The second kappa shape index (κ2) is 5.58. The maximum Gasteiger partial charge on any atom is 0.339 e. The average Bonchev–Trinajstić information content (AvgIpc) is 2.38. The molecule has 0 atom stereocenters. The number of allylic oxidation sites excluding steroid dienone is 1. The van der Waals surface area contributed by atoms with Crippen LogP contribution in [0.5, 0.6) is 5.75 Å². The highest BCUT2D eigenvalue weighted by molar-refractivity contribution is 5.93. The van der Waals surface area contributed by atoms with Crippen molar-refractivity contribution in [3.63, 3.8) is 0 Å². The average molecular weight is 247 g/mol. The molecule has 0 saturated heterocycles. The van der Waals surface area contributed by atoms with Crippen LogP contribution in [-0.2, 0) is 0 Å². The van der Waals surface area contributed by atoms with Crippen molar-refractivity contribution >= 4 is 11.7 Å². The first-order valence-corrected chi connectivity index (χ1v) is 6.09. The van der Waals surface area contributed by atoms with Gasteiger partial charge in [0.1, 0.15) is 12.2 Å². The molecule has 2 rings (SSSR count). The molecule has 1 aromatic rings. The number of nitrogens with zero attached hydrogens (tertiary/aromatic N) is 1. The molecule has 4 heteroatoms. The summed E-state index contributed by atoms with van der Waals surface area (Å²) in [7, 11) is 0. The van der Waals surface area contributed by atoms with E-state index in [4.69, 9.17) is 9.84 Å². The van der Waals surface area contributed by atoms with E-state index in [-0.39, 0.29) is 5.56 Å². The minimum absolute atomic E-state index is 0.237. The third kappa shape index (κ3) is 2.47. The number of ether oxygens (including phenoxy) is 1. The molecule has 4 nitrogen and oxygen atoms in total. The van der Waals surface area contributed by atoms with Crippen LogP contribution in [0.25, 0.3) is 0 Å². The third-order valence-electron chi connectivity index (χ3n) is 3.01. The predicted molar refractivity (Wildman–Crippen MR) is 70.5 cm³/mol. The van der Waals surface area contributed by atoms with Crippen molar-refractivity contribution in [2.24, 2.45) is 0 Å². The van der Waals surface area contributed by atoms with Gasteiger partial charge in [0.15, 0.2) is 5.75 Å². The Bertz CT molecular complexity index is 456. The van der Waals surface area contributed by atoms with Gasteiger partial charge < -0.3 is 14.7 Å². The summed E-state index contributed by atoms with van der Waals surface area (Å²) in [4.78, 5) is 13.3. The van der Waals surface area contributed by atoms with E-state index < -0.39 is 5.97 Å². The highest BCUT2D eigenvalue weighted by atomic mass is 16.5. The van der Waals surface area contributed by atoms with Gasteiger partial charge in [0.25, 0.3) is 0 Å². The Morgan fingerprint density at radius 2 is 2.39 bits per heavy atom. The number of carboxylic acids is 1. The summed E-state index contributed by atoms with van der Waals surface area (Å²) in [5, 5.41) is 9.13. The van der Waals surface area contributed by atoms with Gasteiger partial charge in [0, 0.05) is 6.54 Å². The molecular formula is C14H17NO3. The number of aromatic carboxylic acids is 1. The second-order valence-corrected chi connectivity index (χ2v) is 4.23. The molecule has 0 saturated carbocycles.